The normalized spacial score (nSPS) is 19.6. The van der Waals surface area contributed by atoms with E-state index in [9.17, 15) is 15.0 Å². The van der Waals surface area contributed by atoms with E-state index in [0.29, 0.717) is 25.9 Å². The monoisotopic (exact) mass is 405 g/mol. The van der Waals surface area contributed by atoms with E-state index in [-0.39, 0.29) is 12.5 Å². The Balaban J connectivity index is 1.43. The van der Waals surface area contributed by atoms with E-state index in [0.717, 1.165) is 48.6 Å². The molecule has 1 saturated heterocycles. The van der Waals surface area contributed by atoms with E-state index in [1.807, 2.05) is 24.1 Å². The van der Waals surface area contributed by atoms with Gasteiger partial charge in [0.25, 0.3) is 5.91 Å². The van der Waals surface area contributed by atoms with E-state index in [1.54, 1.807) is 11.3 Å². The highest BCUT2D eigenvalue weighted by Crippen LogP contribution is 2.32. The van der Waals surface area contributed by atoms with Crippen molar-refractivity contribution in [3.63, 3.8) is 0 Å². The molecule has 0 saturated carbocycles. The molecule has 0 unspecified atom stereocenters. The Bertz CT molecular complexity index is 847. The molecular weight excluding hydrogens is 378 g/mol. The van der Waals surface area contributed by atoms with E-state index < -0.39 is 5.60 Å². The summed E-state index contributed by atoms with van der Waals surface area (Å²) >= 11 is 1.66. The van der Waals surface area contributed by atoms with Gasteiger partial charge in [-0.25, -0.2) is 0 Å². The number of hydrogen-bond acceptors (Lipinski definition) is 7. The third kappa shape index (κ3) is 3.61. The Morgan fingerprint density at radius 2 is 2.07 bits per heavy atom. The highest BCUT2D eigenvalue weighted by Gasteiger charge is 2.35. The van der Waals surface area contributed by atoms with Gasteiger partial charge in [0.15, 0.2) is 0 Å². The summed E-state index contributed by atoms with van der Waals surface area (Å²) in [5.41, 5.74) is 3.04. The van der Waals surface area contributed by atoms with Crippen LogP contribution in [0.4, 0.5) is 0 Å². The van der Waals surface area contributed by atoms with Crippen LogP contribution in [0.3, 0.4) is 0 Å². The summed E-state index contributed by atoms with van der Waals surface area (Å²) < 4.78 is 5.27. The summed E-state index contributed by atoms with van der Waals surface area (Å²) in [6.45, 7) is 7.19. The lowest BCUT2D eigenvalue weighted by Gasteiger charge is -2.37. The Kier molecular flexibility index (Phi) is 5.30. The molecule has 0 spiro atoms. The van der Waals surface area contributed by atoms with E-state index in [1.165, 1.54) is 10.4 Å². The molecule has 2 N–H and O–H groups in total. The van der Waals surface area contributed by atoms with Gasteiger partial charge in [-0.3, -0.25) is 9.69 Å². The lowest BCUT2D eigenvalue weighted by atomic mass is 9.92. The fourth-order valence-electron chi connectivity index (χ4n) is 4.10. The molecule has 152 valence electrons. The maximum Gasteiger partial charge on any atom is 0.254 e. The standard InChI is InChI=1S/C20H27N3O4S/c1-13-16(14(2)27-21-13)9-22-6-3-15-17(11-28-18(15)10-22)19(25)23-7-4-20(26,12-24)5-8-23/h11,24,26H,3-10,12H2,1-2H3. The number of piperidine rings is 1. The van der Waals surface area contributed by atoms with Gasteiger partial charge in [0.1, 0.15) is 5.76 Å². The molecule has 0 bridgehead atoms. The fourth-order valence-corrected chi connectivity index (χ4v) is 5.22. The SMILES string of the molecule is Cc1noc(C)c1CN1CCc2c(C(=O)N3CCC(O)(CO)CC3)csc2C1. The highest BCUT2D eigenvalue weighted by molar-refractivity contribution is 7.10. The number of aryl methyl sites for hydroxylation is 2. The first kappa shape index (κ1) is 19.6. The number of nitrogens with zero attached hydrogens (tertiary/aromatic N) is 3. The van der Waals surface area contributed by atoms with Crippen LogP contribution in [0, 0.1) is 13.8 Å². The zero-order chi connectivity index (χ0) is 19.9. The van der Waals surface area contributed by atoms with Crippen molar-refractivity contribution >= 4 is 17.2 Å². The van der Waals surface area contributed by atoms with Crippen LogP contribution in [-0.2, 0) is 19.5 Å². The first-order valence-corrected chi connectivity index (χ1v) is 10.6. The molecule has 4 heterocycles. The van der Waals surface area contributed by atoms with Crippen LogP contribution >= 0.6 is 11.3 Å². The summed E-state index contributed by atoms with van der Waals surface area (Å²) in [6, 6.07) is 0. The van der Waals surface area contributed by atoms with E-state index in [4.69, 9.17) is 4.52 Å². The van der Waals surface area contributed by atoms with E-state index in [2.05, 4.69) is 10.1 Å². The Hall–Kier alpha value is -1.74. The zero-order valence-corrected chi connectivity index (χ0v) is 17.2. The molecular formula is C20H27N3O4S. The molecule has 0 radical (unpaired) electrons. The van der Waals surface area contributed by atoms with Gasteiger partial charge in [-0.15, -0.1) is 11.3 Å². The molecule has 0 aliphatic carbocycles. The van der Waals surface area contributed by atoms with Crippen LogP contribution in [0.5, 0.6) is 0 Å². The summed E-state index contributed by atoms with van der Waals surface area (Å²) in [6.07, 6.45) is 1.71. The first-order chi connectivity index (χ1) is 13.4. The molecule has 2 aromatic rings. The maximum absolute atomic E-state index is 13.0. The average molecular weight is 406 g/mol. The quantitative estimate of drug-likeness (QED) is 0.807. The van der Waals surface area contributed by atoms with Gasteiger partial charge in [0.2, 0.25) is 0 Å². The van der Waals surface area contributed by atoms with Gasteiger partial charge in [0, 0.05) is 48.5 Å². The topological polar surface area (TPSA) is 90.0 Å². The molecule has 8 heteroatoms. The van der Waals surface area contributed by atoms with Crippen molar-refractivity contribution < 1.29 is 19.5 Å². The predicted molar refractivity (Wildman–Crippen MR) is 105 cm³/mol. The second kappa shape index (κ2) is 7.59. The summed E-state index contributed by atoms with van der Waals surface area (Å²) in [5, 5.41) is 25.5. The second-order valence-electron chi connectivity index (χ2n) is 7.99. The van der Waals surface area contributed by atoms with Crippen molar-refractivity contribution in [1.82, 2.24) is 15.0 Å². The molecule has 2 aliphatic heterocycles. The van der Waals surface area contributed by atoms with Gasteiger partial charge in [-0.1, -0.05) is 5.16 Å². The number of carbonyl (C=O) groups excluding carboxylic acids is 1. The smallest absolute Gasteiger partial charge is 0.254 e. The van der Waals surface area contributed by atoms with Crippen molar-refractivity contribution in [2.45, 2.75) is 51.8 Å². The second-order valence-corrected chi connectivity index (χ2v) is 8.95. The van der Waals surface area contributed by atoms with Crippen LogP contribution in [0.25, 0.3) is 0 Å². The number of rotatable bonds is 4. The number of aromatic nitrogens is 1. The summed E-state index contributed by atoms with van der Waals surface area (Å²) in [5.74, 6) is 0.926. The lowest BCUT2D eigenvalue weighted by molar-refractivity contribution is -0.0546. The summed E-state index contributed by atoms with van der Waals surface area (Å²) in [4.78, 5) is 18.5. The molecule has 0 atom stereocenters. The molecule has 4 rings (SSSR count). The first-order valence-electron chi connectivity index (χ1n) is 9.76. The number of amides is 1. The largest absolute Gasteiger partial charge is 0.393 e. The van der Waals surface area contributed by atoms with Crippen LogP contribution in [0.1, 0.15) is 50.7 Å². The third-order valence-corrected chi connectivity index (χ3v) is 7.11. The number of hydrogen-bond donors (Lipinski definition) is 2. The van der Waals surface area contributed by atoms with Crippen molar-refractivity contribution in [2.24, 2.45) is 0 Å². The molecule has 28 heavy (non-hydrogen) atoms. The van der Waals surface area contributed by atoms with Gasteiger partial charge >= 0.3 is 0 Å². The van der Waals surface area contributed by atoms with Crippen molar-refractivity contribution in [3.05, 3.63) is 38.4 Å². The van der Waals surface area contributed by atoms with Crippen molar-refractivity contribution in [2.75, 3.05) is 26.2 Å². The lowest BCUT2D eigenvalue weighted by Crippen LogP contribution is -2.48. The number of aliphatic hydroxyl groups is 2. The number of carbonyl (C=O) groups is 1. The third-order valence-electron chi connectivity index (χ3n) is 6.10. The molecule has 0 aromatic carbocycles. The predicted octanol–water partition coefficient (Wildman–Crippen LogP) is 1.87. The minimum absolute atomic E-state index is 0.0525. The molecule has 2 aromatic heterocycles. The van der Waals surface area contributed by atoms with Gasteiger partial charge in [-0.2, -0.15) is 0 Å². The van der Waals surface area contributed by atoms with Gasteiger partial charge in [0.05, 0.1) is 23.5 Å². The van der Waals surface area contributed by atoms with Crippen molar-refractivity contribution in [3.8, 4) is 0 Å². The number of thiophene rings is 1. The minimum atomic E-state index is -1.04. The molecule has 2 aliphatic rings. The van der Waals surface area contributed by atoms with Crippen LogP contribution in [0.2, 0.25) is 0 Å². The van der Waals surface area contributed by atoms with Crippen LogP contribution < -0.4 is 0 Å². The minimum Gasteiger partial charge on any atom is -0.393 e. The molecule has 1 fully saturated rings. The molecule has 1 amide bonds. The Morgan fingerprint density at radius 3 is 2.71 bits per heavy atom. The van der Waals surface area contributed by atoms with Crippen LogP contribution in [0.15, 0.2) is 9.90 Å². The Morgan fingerprint density at radius 1 is 1.32 bits per heavy atom. The number of aliphatic hydroxyl groups excluding tert-OH is 1. The zero-order valence-electron chi connectivity index (χ0n) is 16.4. The Labute approximate surface area is 168 Å². The number of likely N-dealkylation sites (tertiary alicyclic amines) is 1. The molecule has 7 nitrogen and oxygen atoms in total. The fraction of sp³-hybridized carbons (Fsp3) is 0.600. The van der Waals surface area contributed by atoms with Gasteiger partial charge in [-0.05, 0) is 38.7 Å². The highest BCUT2D eigenvalue weighted by atomic mass is 32.1. The average Bonchev–Trinajstić information content (AvgIpc) is 3.26. The van der Waals surface area contributed by atoms with Gasteiger partial charge < -0.3 is 19.6 Å². The summed E-state index contributed by atoms with van der Waals surface area (Å²) in [7, 11) is 0. The number of fused-ring (bicyclic) bond motifs is 1. The van der Waals surface area contributed by atoms with E-state index >= 15 is 0 Å². The van der Waals surface area contributed by atoms with Crippen LogP contribution in [-0.4, -0.2) is 62.9 Å². The maximum atomic E-state index is 13.0. The van der Waals surface area contributed by atoms with Crippen molar-refractivity contribution in [1.29, 1.82) is 0 Å².